The molecule has 0 fully saturated rings. The van der Waals surface area contributed by atoms with E-state index in [1.54, 1.807) is 12.4 Å². The van der Waals surface area contributed by atoms with Crippen LogP contribution in [0.2, 0.25) is 0 Å². The second-order valence-electron chi connectivity index (χ2n) is 3.60. The predicted molar refractivity (Wildman–Crippen MR) is 85.5 cm³/mol. The average Bonchev–Trinajstić information content (AvgIpc) is 2.73. The number of aromatic amines is 1. The fraction of sp³-hybridized carbons (Fsp3) is 0. The van der Waals surface area contributed by atoms with Crippen molar-refractivity contribution in [3.05, 3.63) is 42.7 Å². The number of aromatic nitrogens is 3. The molecule has 1 aromatic carbocycles. The van der Waals surface area contributed by atoms with Crippen molar-refractivity contribution in [2.24, 2.45) is 0 Å². The monoisotopic (exact) mass is 318 g/mol. The molecule has 0 aliphatic heterocycles. The Labute approximate surface area is 129 Å². The molecule has 0 bridgehead atoms. The highest BCUT2D eigenvalue weighted by Gasteiger charge is 2.04. The van der Waals surface area contributed by atoms with Crippen molar-refractivity contribution in [1.82, 2.24) is 15.0 Å². The van der Waals surface area contributed by atoms with Gasteiger partial charge in [0.15, 0.2) is 0 Å². The van der Waals surface area contributed by atoms with Gasteiger partial charge in [-0.1, -0.05) is 0 Å². The highest BCUT2D eigenvalue weighted by Crippen LogP contribution is 2.20. The lowest BCUT2D eigenvalue weighted by atomic mass is 10.3. The maximum Gasteiger partial charge on any atom is 0.140 e. The summed E-state index contributed by atoms with van der Waals surface area (Å²) >= 11 is 0. The molecule has 0 atom stereocenters. The van der Waals surface area contributed by atoms with Gasteiger partial charge in [0.1, 0.15) is 5.82 Å². The van der Waals surface area contributed by atoms with Gasteiger partial charge in [-0.2, -0.15) is 0 Å². The fourth-order valence-electron chi connectivity index (χ4n) is 1.67. The molecule has 0 saturated carbocycles. The predicted octanol–water partition coefficient (Wildman–Crippen LogP) is 3.47. The Morgan fingerprint density at radius 3 is 2.53 bits per heavy atom. The molecule has 0 aliphatic carbocycles. The Kier molecular flexibility index (Phi) is 6.62. The van der Waals surface area contributed by atoms with Gasteiger partial charge in [-0.3, -0.25) is 4.98 Å². The Morgan fingerprint density at radius 1 is 1.05 bits per heavy atom. The number of nitrogens with one attached hydrogen (secondary N) is 1. The molecule has 0 amide bonds. The maximum absolute atomic E-state index is 5.71. The lowest BCUT2D eigenvalue weighted by Gasteiger charge is -1.92. The molecular formula is C12H13Cl3N4. The first kappa shape index (κ1) is 17.5. The molecule has 102 valence electrons. The van der Waals surface area contributed by atoms with Crippen molar-refractivity contribution < 1.29 is 0 Å². The first-order chi connectivity index (χ1) is 7.83. The van der Waals surface area contributed by atoms with Gasteiger partial charge in [0.05, 0.1) is 11.0 Å². The largest absolute Gasteiger partial charge is 0.399 e. The summed E-state index contributed by atoms with van der Waals surface area (Å²) in [5.41, 5.74) is 9.27. The van der Waals surface area contributed by atoms with Crippen LogP contribution >= 0.6 is 37.2 Å². The fourth-order valence-corrected chi connectivity index (χ4v) is 1.67. The Balaban J connectivity index is 0.00000108. The number of anilines is 1. The third-order valence-corrected chi connectivity index (χ3v) is 2.44. The number of hydrogen-bond donors (Lipinski definition) is 2. The highest BCUT2D eigenvalue weighted by atomic mass is 35.5. The van der Waals surface area contributed by atoms with Gasteiger partial charge in [0.25, 0.3) is 0 Å². The number of benzene rings is 1. The molecule has 2 heterocycles. The molecule has 0 spiro atoms. The number of rotatable bonds is 1. The summed E-state index contributed by atoms with van der Waals surface area (Å²) in [6, 6.07) is 9.48. The smallest absolute Gasteiger partial charge is 0.140 e. The third kappa shape index (κ3) is 3.50. The molecule has 19 heavy (non-hydrogen) atoms. The van der Waals surface area contributed by atoms with E-state index in [9.17, 15) is 0 Å². The van der Waals surface area contributed by atoms with Crippen LogP contribution in [0.1, 0.15) is 0 Å². The molecule has 4 nitrogen and oxygen atoms in total. The summed E-state index contributed by atoms with van der Waals surface area (Å²) in [6.45, 7) is 0. The van der Waals surface area contributed by atoms with Crippen LogP contribution < -0.4 is 5.73 Å². The first-order valence-corrected chi connectivity index (χ1v) is 4.98. The van der Waals surface area contributed by atoms with E-state index >= 15 is 0 Å². The quantitative estimate of drug-likeness (QED) is 0.675. The van der Waals surface area contributed by atoms with E-state index in [0.29, 0.717) is 0 Å². The minimum Gasteiger partial charge on any atom is -0.399 e. The van der Waals surface area contributed by atoms with E-state index in [2.05, 4.69) is 15.0 Å². The van der Waals surface area contributed by atoms with Crippen LogP contribution in [0, 0.1) is 0 Å². The molecule has 3 N–H and O–H groups in total. The minimum absolute atomic E-state index is 0. The summed E-state index contributed by atoms with van der Waals surface area (Å²) in [5.74, 6) is 0.814. The molecule has 0 aliphatic rings. The average molecular weight is 320 g/mol. The Hall–Kier alpha value is -1.49. The van der Waals surface area contributed by atoms with Gasteiger partial charge in [0, 0.05) is 23.6 Å². The van der Waals surface area contributed by atoms with Crippen LogP contribution in [0.15, 0.2) is 42.7 Å². The summed E-state index contributed by atoms with van der Waals surface area (Å²) in [6.07, 6.45) is 3.52. The molecule has 3 rings (SSSR count). The van der Waals surface area contributed by atoms with Crippen molar-refractivity contribution in [2.75, 3.05) is 5.73 Å². The van der Waals surface area contributed by atoms with Crippen LogP contribution in [-0.4, -0.2) is 15.0 Å². The minimum atomic E-state index is 0. The number of nitrogens with zero attached hydrogens (tertiary/aromatic N) is 2. The number of nitrogens with two attached hydrogens (primary N) is 1. The summed E-state index contributed by atoms with van der Waals surface area (Å²) in [7, 11) is 0. The Morgan fingerprint density at radius 2 is 1.84 bits per heavy atom. The summed E-state index contributed by atoms with van der Waals surface area (Å²) in [5, 5.41) is 0. The van der Waals surface area contributed by atoms with Crippen LogP contribution in [-0.2, 0) is 0 Å². The van der Waals surface area contributed by atoms with E-state index < -0.39 is 0 Å². The van der Waals surface area contributed by atoms with Crippen molar-refractivity contribution in [2.45, 2.75) is 0 Å². The maximum atomic E-state index is 5.71. The lowest BCUT2D eigenvalue weighted by molar-refractivity contribution is 1.27. The number of nitrogen functional groups attached to an aromatic ring is 1. The van der Waals surface area contributed by atoms with Crippen molar-refractivity contribution in [1.29, 1.82) is 0 Å². The number of halogens is 3. The van der Waals surface area contributed by atoms with Gasteiger partial charge in [-0.15, -0.1) is 37.2 Å². The molecule has 2 aromatic heterocycles. The molecule has 0 saturated heterocycles. The van der Waals surface area contributed by atoms with Gasteiger partial charge >= 0.3 is 0 Å². The number of imidazole rings is 1. The summed E-state index contributed by atoms with van der Waals surface area (Å²) < 4.78 is 0. The molecular weight excluding hydrogens is 307 g/mol. The van der Waals surface area contributed by atoms with Crippen molar-refractivity contribution in [3.8, 4) is 11.4 Å². The van der Waals surface area contributed by atoms with E-state index in [1.807, 2.05) is 30.3 Å². The summed E-state index contributed by atoms with van der Waals surface area (Å²) in [4.78, 5) is 11.8. The standard InChI is InChI=1S/C12H10N4.3ClH/c13-9-3-4-10-11(6-9)16-12(15-10)8-2-1-5-14-7-8;;;/h1-7H,13H2,(H,15,16);3*1H. The van der Waals surface area contributed by atoms with Crippen LogP contribution in [0.25, 0.3) is 22.4 Å². The van der Waals surface area contributed by atoms with E-state index in [0.717, 1.165) is 28.1 Å². The van der Waals surface area contributed by atoms with Gasteiger partial charge in [-0.05, 0) is 30.3 Å². The second-order valence-corrected chi connectivity index (χ2v) is 3.60. The van der Waals surface area contributed by atoms with E-state index in [-0.39, 0.29) is 37.2 Å². The lowest BCUT2D eigenvalue weighted by Crippen LogP contribution is -1.82. The van der Waals surface area contributed by atoms with Gasteiger partial charge < -0.3 is 10.7 Å². The van der Waals surface area contributed by atoms with Crippen LogP contribution in [0.4, 0.5) is 5.69 Å². The number of pyridine rings is 1. The van der Waals surface area contributed by atoms with Crippen LogP contribution in [0.3, 0.4) is 0 Å². The first-order valence-electron chi connectivity index (χ1n) is 4.98. The number of fused-ring (bicyclic) bond motifs is 1. The zero-order valence-electron chi connectivity index (χ0n) is 9.74. The van der Waals surface area contributed by atoms with Crippen molar-refractivity contribution >= 4 is 53.9 Å². The zero-order valence-corrected chi connectivity index (χ0v) is 12.2. The molecule has 7 heteroatoms. The van der Waals surface area contributed by atoms with E-state index in [4.69, 9.17) is 5.73 Å². The SMILES string of the molecule is Cl.Cl.Cl.Nc1ccc2nc(-c3cccnc3)[nH]c2c1. The molecule has 3 aromatic rings. The van der Waals surface area contributed by atoms with Gasteiger partial charge in [-0.25, -0.2) is 4.98 Å². The topological polar surface area (TPSA) is 67.6 Å². The van der Waals surface area contributed by atoms with Crippen LogP contribution in [0.5, 0.6) is 0 Å². The number of H-pyrrole nitrogens is 1. The highest BCUT2D eigenvalue weighted by molar-refractivity contribution is 5.86. The van der Waals surface area contributed by atoms with E-state index in [1.165, 1.54) is 0 Å². The second kappa shape index (κ2) is 7.19. The third-order valence-electron chi connectivity index (χ3n) is 2.44. The molecule has 0 radical (unpaired) electrons. The normalized spacial score (nSPS) is 9.05. The van der Waals surface area contributed by atoms with Gasteiger partial charge in [0.2, 0.25) is 0 Å². The Bertz CT molecular complexity index is 640. The zero-order chi connectivity index (χ0) is 11.0. The number of hydrogen-bond acceptors (Lipinski definition) is 3. The molecule has 0 unspecified atom stereocenters. The van der Waals surface area contributed by atoms with Crippen molar-refractivity contribution in [3.63, 3.8) is 0 Å².